The van der Waals surface area contributed by atoms with Gasteiger partial charge >= 0.3 is 0 Å². The first-order valence-corrected chi connectivity index (χ1v) is 7.74. The Morgan fingerprint density at radius 1 is 1.40 bits per heavy atom. The largest absolute Gasteiger partial charge is 0.325 e. The number of anilines is 1. The van der Waals surface area contributed by atoms with E-state index in [0.717, 1.165) is 0 Å². The maximum atomic E-state index is 12.5. The van der Waals surface area contributed by atoms with E-state index in [1.165, 1.54) is 0 Å². The first-order chi connectivity index (χ1) is 9.36. The molecule has 2 rings (SSSR count). The molecule has 0 bridgehead atoms. The molecule has 0 fully saturated rings. The Morgan fingerprint density at radius 3 is 2.75 bits per heavy atom. The second kappa shape index (κ2) is 5.43. The molecular weight excluding hydrogens is 300 g/mol. The van der Waals surface area contributed by atoms with Gasteiger partial charge in [-0.15, -0.1) is 0 Å². The van der Waals surface area contributed by atoms with Crippen molar-refractivity contribution in [2.45, 2.75) is 25.3 Å². The molecule has 0 aliphatic heterocycles. The monoisotopic (exact) mass is 314 g/mol. The van der Waals surface area contributed by atoms with Gasteiger partial charge in [0.15, 0.2) is 0 Å². The number of aryl methyl sites for hydroxylation is 1. The third-order valence-corrected chi connectivity index (χ3v) is 4.91. The minimum Gasteiger partial charge on any atom is -0.325 e. The molecule has 1 heterocycles. The summed E-state index contributed by atoms with van der Waals surface area (Å²) in [5.74, 6) is 0. The predicted molar refractivity (Wildman–Crippen MR) is 78.2 cm³/mol. The number of rotatable bonds is 4. The zero-order chi connectivity index (χ0) is 14.9. The Bertz CT molecular complexity index is 740. The van der Waals surface area contributed by atoms with E-state index in [9.17, 15) is 8.42 Å². The third kappa shape index (κ3) is 2.65. The highest BCUT2D eigenvalue weighted by molar-refractivity contribution is 7.92. The topological polar surface area (TPSA) is 101 Å². The van der Waals surface area contributed by atoms with Crippen LogP contribution in [0.1, 0.15) is 17.0 Å². The molecular formula is C12H15ClN4O2S. The van der Waals surface area contributed by atoms with Gasteiger partial charge in [-0.05, 0) is 31.5 Å². The zero-order valence-corrected chi connectivity index (χ0v) is 12.6. The lowest BCUT2D eigenvalue weighted by atomic mass is 10.2. The molecule has 4 N–H and O–H groups in total. The third-order valence-electron chi connectivity index (χ3n) is 2.94. The highest BCUT2D eigenvalue weighted by Gasteiger charge is 2.24. The maximum absolute atomic E-state index is 12.5. The minimum absolute atomic E-state index is 0.0368. The quantitative estimate of drug-likeness (QED) is 0.802. The van der Waals surface area contributed by atoms with E-state index >= 15 is 0 Å². The molecule has 6 nitrogen and oxygen atoms in total. The van der Waals surface area contributed by atoms with Crippen molar-refractivity contribution in [3.05, 3.63) is 40.2 Å². The van der Waals surface area contributed by atoms with E-state index < -0.39 is 10.0 Å². The molecule has 0 aliphatic carbocycles. The normalized spacial score (nSPS) is 11.6. The molecule has 0 spiro atoms. The van der Waals surface area contributed by atoms with Gasteiger partial charge in [-0.2, -0.15) is 5.10 Å². The number of sulfonamides is 1. The Kier molecular flexibility index (Phi) is 4.03. The number of nitrogens with two attached hydrogens (primary N) is 1. The number of nitrogens with one attached hydrogen (secondary N) is 2. The molecule has 20 heavy (non-hydrogen) atoms. The van der Waals surface area contributed by atoms with Gasteiger partial charge < -0.3 is 5.73 Å². The van der Waals surface area contributed by atoms with Crippen molar-refractivity contribution in [1.29, 1.82) is 0 Å². The van der Waals surface area contributed by atoms with Crippen LogP contribution in [0, 0.1) is 13.8 Å². The smallest absolute Gasteiger partial charge is 0.265 e. The fraction of sp³-hybridized carbons (Fsp3) is 0.250. The molecule has 0 saturated carbocycles. The molecule has 2 aromatic rings. The number of hydrogen-bond acceptors (Lipinski definition) is 4. The van der Waals surface area contributed by atoms with E-state index in [1.54, 1.807) is 32.0 Å². The SMILES string of the molecule is Cc1[nH]nc(CN)c1S(=O)(=O)Nc1cccc(Cl)c1C. The van der Waals surface area contributed by atoms with Crippen LogP contribution in [0.25, 0.3) is 0 Å². The van der Waals surface area contributed by atoms with Gasteiger partial charge in [0.1, 0.15) is 4.90 Å². The van der Waals surface area contributed by atoms with Crippen molar-refractivity contribution in [3.8, 4) is 0 Å². The van der Waals surface area contributed by atoms with Crippen molar-refractivity contribution in [3.63, 3.8) is 0 Å². The van der Waals surface area contributed by atoms with Crippen LogP contribution in [0.15, 0.2) is 23.1 Å². The van der Waals surface area contributed by atoms with E-state index in [0.29, 0.717) is 27.7 Å². The van der Waals surface area contributed by atoms with Crippen LogP contribution in [0.5, 0.6) is 0 Å². The molecule has 0 unspecified atom stereocenters. The van der Waals surface area contributed by atoms with Crippen LogP contribution in [0.3, 0.4) is 0 Å². The summed E-state index contributed by atoms with van der Waals surface area (Å²) in [6, 6.07) is 5.03. The second-order valence-electron chi connectivity index (χ2n) is 4.35. The van der Waals surface area contributed by atoms with Crippen molar-refractivity contribution in [2.24, 2.45) is 5.73 Å². The fourth-order valence-electron chi connectivity index (χ4n) is 1.88. The summed E-state index contributed by atoms with van der Waals surface area (Å²) in [5, 5.41) is 7.01. The van der Waals surface area contributed by atoms with Crippen molar-refractivity contribution in [1.82, 2.24) is 10.2 Å². The van der Waals surface area contributed by atoms with Gasteiger partial charge in [0.05, 0.1) is 17.1 Å². The molecule has 8 heteroatoms. The van der Waals surface area contributed by atoms with Crippen LogP contribution in [-0.2, 0) is 16.6 Å². The molecule has 1 aromatic heterocycles. The van der Waals surface area contributed by atoms with E-state index in [1.807, 2.05) is 0 Å². The van der Waals surface area contributed by atoms with Crippen molar-refractivity contribution >= 4 is 27.3 Å². The first-order valence-electron chi connectivity index (χ1n) is 5.88. The Hall–Kier alpha value is -1.57. The predicted octanol–water partition coefficient (Wildman–Crippen LogP) is 1.94. The lowest BCUT2D eigenvalue weighted by Crippen LogP contribution is -2.17. The molecule has 1 aromatic carbocycles. The number of benzene rings is 1. The Labute approximate surface area is 122 Å². The summed E-state index contributed by atoms with van der Waals surface area (Å²) < 4.78 is 27.4. The standard InChI is InChI=1S/C12H15ClN4O2S/c1-7-9(13)4-3-5-10(7)17-20(18,19)12-8(2)15-16-11(12)6-14/h3-5,17H,6,14H2,1-2H3,(H,15,16). The number of aromatic amines is 1. The van der Waals surface area contributed by atoms with Gasteiger partial charge in [-0.1, -0.05) is 17.7 Å². The van der Waals surface area contributed by atoms with Crippen LogP contribution >= 0.6 is 11.6 Å². The second-order valence-corrected chi connectivity index (χ2v) is 6.37. The number of hydrogen-bond donors (Lipinski definition) is 3. The minimum atomic E-state index is -3.77. The van der Waals surface area contributed by atoms with Crippen LogP contribution < -0.4 is 10.5 Å². The van der Waals surface area contributed by atoms with Crippen LogP contribution in [0.2, 0.25) is 5.02 Å². The molecule has 0 atom stereocenters. The highest BCUT2D eigenvalue weighted by Crippen LogP contribution is 2.27. The average molecular weight is 315 g/mol. The maximum Gasteiger partial charge on any atom is 0.265 e. The summed E-state index contributed by atoms with van der Waals surface area (Å²) in [5.41, 5.74) is 7.35. The van der Waals surface area contributed by atoms with Gasteiger partial charge in [0.25, 0.3) is 10.0 Å². The Balaban J connectivity index is 2.46. The molecule has 0 radical (unpaired) electrons. The zero-order valence-electron chi connectivity index (χ0n) is 11.1. The summed E-state index contributed by atoms with van der Waals surface area (Å²) in [4.78, 5) is 0.0828. The van der Waals surface area contributed by atoms with E-state index in [4.69, 9.17) is 17.3 Å². The summed E-state index contributed by atoms with van der Waals surface area (Å²) >= 11 is 5.98. The number of H-pyrrole nitrogens is 1. The molecule has 0 aliphatic rings. The number of aromatic nitrogens is 2. The molecule has 0 amide bonds. The molecule has 108 valence electrons. The van der Waals surface area contributed by atoms with Crippen LogP contribution in [0.4, 0.5) is 5.69 Å². The summed E-state index contributed by atoms with van der Waals surface area (Å²) in [7, 11) is -3.77. The Morgan fingerprint density at radius 2 is 2.10 bits per heavy atom. The van der Waals surface area contributed by atoms with E-state index in [-0.39, 0.29) is 11.4 Å². The van der Waals surface area contributed by atoms with Gasteiger partial charge in [-0.3, -0.25) is 9.82 Å². The van der Waals surface area contributed by atoms with Gasteiger partial charge in [0.2, 0.25) is 0 Å². The number of nitrogens with zero attached hydrogens (tertiary/aromatic N) is 1. The van der Waals surface area contributed by atoms with Crippen molar-refractivity contribution in [2.75, 3.05) is 4.72 Å². The lowest BCUT2D eigenvalue weighted by molar-refractivity contribution is 0.599. The van der Waals surface area contributed by atoms with E-state index in [2.05, 4.69) is 14.9 Å². The summed E-state index contributed by atoms with van der Waals surface area (Å²) in [6.45, 7) is 3.41. The average Bonchev–Trinajstić information content (AvgIpc) is 2.77. The summed E-state index contributed by atoms with van der Waals surface area (Å²) in [6.07, 6.45) is 0. The highest BCUT2D eigenvalue weighted by atomic mass is 35.5. The van der Waals surface area contributed by atoms with Gasteiger partial charge in [-0.25, -0.2) is 8.42 Å². The van der Waals surface area contributed by atoms with Crippen molar-refractivity contribution < 1.29 is 8.42 Å². The fourth-order valence-corrected chi connectivity index (χ4v) is 3.55. The van der Waals surface area contributed by atoms with Crippen LogP contribution in [-0.4, -0.2) is 18.6 Å². The first kappa shape index (κ1) is 14.8. The number of halogens is 1. The van der Waals surface area contributed by atoms with Gasteiger partial charge in [0, 0.05) is 11.6 Å². The molecule has 0 saturated heterocycles. The lowest BCUT2D eigenvalue weighted by Gasteiger charge is -2.11.